The Labute approximate surface area is 141 Å². The van der Waals surface area contributed by atoms with Crippen LogP contribution < -0.4 is 0 Å². The van der Waals surface area contributed by atoms with E-state index >= 15 is 0 Å². The number of rotatable bonds is 12. The lowest BCUT2D eigenvalue weighted by Gasteiger charge is -2.27. The third-order valence-electron chi connectivity index (χ3n) is 6.18. The molecule has 4 atom stereocenters. The molecule has 0 amide bonds. The zero-order chi connectivity index (χ0) is 16.6. The van der Waals surface area contributed by atoms with E-state index in [0.29, 0.717) is 5.41 Å². The van der Waals surface area contributed by atoms with E-state index in [1.807, 2.05) is 0 Å². The largest absolute Gasteiger partial charge is 0.0845 e. The molecule has 0 saturated heterocycles. The Balaban J connectivity index is 2.50. The summed E-state index contributed by atoms with van der Waals surface area (Å²) >= 11 is 0. The van der Waals surface area contributed by atoms with Crippen LogP contribution in [0.2, 0.25) is 0 Å². The Morgan fingerprint density at radius 1 is 1.05 bits per heavy atom. The molecule has 0 radical (unpaired) electrons. The molecule has 1 aliphatic rings. The second kappa shape index (κ2) is 9.78. The molecule has 0 nitrogen and oxygen atoms in total. The first-order chi connectivity index (χ1) is 10.5. The van der Waals surface area contributed by atoms with Crippen LogP contribution >= 0.6 is 0 Å². The fraction of sp³-hybridized carbons (Fsp3) is 0.909. The van der Waals surface area contributed by atoms with E-state index in [2.05, 4.69) is 47.6 Å². The van der Waals surface area contributed by atoms with Crippen molar-refractivity contribution in [3.63, 3.8) is 0 Å². The molecule has 1 saturated carbocycles. The average molecular weight is 307 g/mol. The summed E-state index contributed by atoms with van der Waals surface area (Å²) in [6, 6.07) is 0. The molecule has 22 heavy (non-hydrogen) atoms. The molecule has 0 N–H and O–H groups in total. The molecular weight excluding hydrogens is 264 g/mol. The minimum atomic E-state index is 0.589. The Kier molecular flexibility index (Phi) is 8.80. The molecule has 0 spiro atoms. The standard InChI is InChI=1S/C22H42/c1-7-11-15-22(6)17-21(22)14-13-19(9-3)20(10-4)16-18(5)12-8-2/h14,18-20H,7-13,15-17H2,1-6H3. The first kappa shape index (κ1) is 19.8. The smallest absolute Gasteiger partial charge is 0.00787 e. The Hall–Kier alpha value is -0.260. The van der Waals surface area contributed by atoms with Crippen LogP contribution in [0, 0.1) is 23.2 Å². The molecule has 0 aliphatic heterocycles. The quantitative estimate of drug-likeness (QED) is 0.323. The van der Waals surface area contributed by atoms with Crippen molar-refractivity contribution in [1.29, 1.82) is 0 Å². The number of hydrogen-bond acceptors (Lipinski definition) is 0. The maximum Gasteiger partial charge on any atom is -0.00787 e. The first-order valence-electron chi connectivity index (χ1n) is 10.2. The molecule has 0 heteroatoms. The topological polar surface area (TPSA) is 0 Å². The summed E-state index contributed by atoms with van der Waals surface area (Å²) < 4.78 is 0. The van der Waals surface area contributed by atoms with Crippen molar-refractivity contribution in [3.05, 3.63) is 11.6 Å². The molecular formula is C22H42. The highest BCUT2D eigenvalue weighted by atomic mass is 14.5. The lowest BCUT2D eigenvalue weighted by molar-refractivity contribution is 0.253. The van der Waals surface area contributed by atoms with Crippen LogP contribution in [0.15, 0.2) is 11.6 Å². The van der Waals surface area contributed by atoms with Crippen LogP contribution in [0.5, 0.6) is 0 Å². The molecule has 0 aromatic heterocycles. The Bertz CT molecular complexity index is 327. The predicted octanol–water partition coefficient (Wildman–Crippen LogP) is 7.78. The Morgan fingerprint density at radius 2 is 1.73 bits per heavy atom. The van der Waals surface area contributed by atoms with Gasteiger partial charge in [0.05, 0.1) is 0 Å². The van der Waals surface area contributed by atoms with Gasteiger partial charge in [0.25, 0.3) is 0 Å². The maximum atomic E-state index is 2.64. The fourth-order valence-corrected chi connectivity index (χ4v) is 4.32. The molecule has 1 aliphatic carbocycles. The molecule has 1 fully saturated rings. The molecule has 1 rings (SSSR count). The number of hydrogen-bond donors (Lipinski definition) is 0. The molecule has 0 aromatic carbocycles. The summed E-state index contributed by atoms with van der Waals surface area (Å²) in [4.78, 5) is 0. The van der Waals surface area contributed by atoms with Crippen LogP contribution in [-0.2, 0) is 0 Å². The van der Waals surface area contributed by atoms with E-state index in [1.54, 1.807) is 5.57 Å². The van der Waals surface area contributed by atoms with Crippen molar-refractivity contribution in [1.82, 2.24) is 0 Å². The van der Waals surface area contributed by atoms with E-state index in [1.165, 1.54) is 64.2 Å². The monoisotopic (exact) mass is 306 g/mol. The maximum absolute atomic E-state index is 2.64. The SMILES string of the molecule is CCCCC1(C)CC1=CCC(CC)C(CC)CC(C)CCC. The summed E-state index contributed by atoms with van der Waals surface area (Å²) in [5.41, 5.74) is 2.36. The van der Waals surface area contributed by atoms with Crippen molar-refractivity contribution >= 4 is 0 Å². The second-order valence-corrected chi connectivity index (χ2v) is 8.27. The minimum absolute atomic E-state index is 0.589. The summed E-state index contributed by atoms with van der Waals surface area (Å²) in [5.74, 6) is 2.75. The second-order valence-electron chi connectivity index (χ2n) is 8.27. The van der Waals surface area contributed by atoms with Gasteiger partial charge in [-0.05, 0) is 48.9 Å². The highest BCUT2D eigenvalue weighted by molar-refractivity contribution is 5.31. The summed E-state index contributed by atoms with van der Waals surface area (Å²) in [5, 5.41) is 0. The van der Waals surface area contributed by atoms with E-state index in [-0.39, 0.29) is 0 Å². The lowest BCUT2D eigenvalue weighted by atomic mass is 9.79. The molecule has 0 aromatic rings. The number of unbranched alkanes of at least 4 members (excludes halogenated alkanes) is 1. The third kappa shape index (κ3) is 6.09. The zero-order valence-corrected chi connectivity index (χ0v) is 16.4. The van der Waals surface area contributed by atoms with Crippen LogP contribution in [0.1, 0.15) is 106 Å². The van der Waals surface area contributed by atoms with E-state index < -0.39 is 0 Å². The highest BCUT2D eigenvalue weighted by Gasteiger charge is 2.42. The fourth-order valence-electron chi connectivity index (χ4n) is 4.32. The van der Waals surface area contributed by atoms with E-state index in [4.69, 9.17) is 0 Å². The van der Waals surface area contributed by atoms with Gasteiger partial charge in [-0.2, -0.15) is 0 Å². The minimum Gasteiger partial charge on any atom is -0.0845 e. The van der Waals surface area contributed by atoms with Gasteiger partial charge in [-0.15, -0.1) is 0 Å². The van der Waals surface area contributed by atoms with Crippen LogP contribution in [0.25, 0.3) is 0 Å². The molecule has 0 bridgehead atoms. The van der Waals surface area contributed by atoms with Crippen LogP contribution in [0.3, 0.4) is 0 Å². The van der Waals surface area contributed by atoms with Gasteiger partial charge in [-0.1, -0.05) is 91.7 Å². The van der Waals surface area contributed by atoms with Crippen LogP contribution in [0.4, 0.5) is 0 Å². The van der Waals surface area contributed by atoms with Gasteiger partial charge >= 0.3 is 0 Å². The van der Waals surface area contributed by atoms with Crippen molar-refractivity contribution in [3.8, 4) is 0 Å². The summed E-state index contributed by atoms with van der Waals surface area (Å²) in [6.07, 6.45) is 16.4. The van der Waals surface area contributed by atoms with Crippen molar-refractivity contribution in [2.24, 2.45) is 23.2 Å². The average Bonchev–Trinajstić information content (AvgIpc) is 3.15. The van der Waals surface area contributed by atoms with Crippen LogP contribution in [-0.4, -0.2) is 0 Å². The van der Waals surface area contributed by atoms with Crippen molar-refractivity contribution in [2.45, 2.75) is 106 Å². The predicted molar refractivity (Wildman–Crippen MR) is 101 cm³/mol. The normalized spacial score (nSPS) is 26.9. The summed E-state index contributed by atoms with van der Waals surface area (Å²) in [7, 11) is 0. The highest BCUT2D eigenvalue weighted by Crippen LogP contribution is 2.55. The van der Waals surface area contributed by atoms with Crippen molar-refractivity contribution in [2.75, 3.05) is 0 Å². The Morgan fingerprint density at radius 3 is 2.27 bits per heavy atom. The molecule has 130 valence electrons. The van der Waals surface area contributed by atoms with Gasteiger partial charge in [-0.25, -0.2) is 0 Å². The van der Waals surface area contributed by atoms with Gasteiger partial charge in [0.2, 0.25) is 0 Å². The van der Waals surface area contributed by atoms with E-state index in [0.717, 1.165) is 17.8 Å². The van der Waals surface area contributed by atoms with E-state index in [9.17, 15) is 0 Å². The van der Waals surface area contributed by atoms with Crippen molar-refractivity contribution < 1.29 is 0 Å². The van der Waals surface area contributed by atoms with Gasteiger partial charge in [0, 0.05) is 0 Å². The van der Waals surface area contributed by atoms with Gasteiger partial charge in [0.15, 0.2) is 0 Å². The van der Waals surface area contributed by atoms with Gasteiger partial charge in [-0.3, -0.25) is 0 Å². The zero-order valence-electron chi connectivity index (χ0n) is 16.4. The third-order valence-corrected chi connectivity index (χ3v) is 6.18. The summed E-state index contributed by atoms with van der Waals surface area (Å²) in [6.45, 7) is 14.4. The number of allylic oxidation sites excluding steroid dienone is 2. The molecule has 4 unspecified atom stereocenters. The first-order valence-corrected chi connectivity index (χ1v) is 10.2. The van der Waals surface area contributed by atoms with Gasteiger partial charge < -0.3 is 0 Å². The molecule has 0 heterocycles. The van der Waals surface area contributed by atoms with Gasteiger partial charge in [0.1, 0.15) is 0 Å². The lowest BCUT2D eigenvalue weighted by Crippen LogP contribution is -2.16.